The number of aromatic nitrogens is 1. The van der Waals surface area contributed by atoms with E-state index in [-0.39, 0.29) is 36.8 Å². The normalized spacial score (nSPS) is 10.9. The minimum Gasteiger partial charge on any atom is -0.352 e. The monoisotopic (exact) mass is 321 g/mol. The second-order valence-electron chi connectivity index (χ2n) is 4.50. The third-order valence-corrected chi connectivity index (χ3v) is 2.95. The number of carbonyl (C=O) groups is 1. The first-order chi connectivity index (χ1) is 8.76. The molecule has 0 spiro atoms. The van der Waals surface area contributed by atoms with Gasteiger partial charge in [0, 0.05) is 31.4 Å². The Balaban J connectivity index is 0. The molecule has 0 saturated carbocycles. The van der Waals surface area contributed by atoms with Gasteiger partial charge in [0.1, 0.15) is 0 Å². The second kappa shape index (κ2) is 13.2. The number of pyridine rings is 1. The Hall–Kier alpha value is -0.840. The van der Waals surface area contributed by atoms with E-state index in [0.29, 0.717) is 13.0 Å². The zero-order valence-corrected chi connectivity index (χ0v) is 13.5. The first kappa shape index (κ1) is 21.5. The molecule has 1 amide bonds. The van der Waals surface area contributed by atoms with Crippen molar-refractivity contribution in [3.63, 3.8) is 0 Å². The second-order valence-corrected chi connectivity index (χ2v) is 4.50. The fraction of sp³-hybridized carbons (Fsp3) is 0.571. The molecule has 116 valence electrons. The van der Waals surface area contributed by atoms with Gasteiger partial charge in [0.25, 0.3) is 0 Å². The maximum atomic E-state index is 11.8. The Kier molecular flexibility index (Phi) is 14.1. The lowest BCUT2D eigenvalue weighted by molar-refractivity contribution is -0.121. The van der Waals surface area contributed by atoms with Gasteiger partial charge in [-0.2, -0.15) is 0 Å². The van der Waals surface area contributed by atoms with Crippen LogP contribution in [0.4, 0.5) is 0 Å². The van der Waals surface area contributed by atoms with Crippen LogP contribution in [0, 0.1) is 0 Å². The van der Waals surface area contributed by atoms with Gasteiger partial charge in [-0.05, 0) is 30.5 Å². The summed E-state index contributed by atoms with van der Waals surface area (Å²) in [7, 11) is 0. The average Bonchev–Trinajstić information content (AvgIpc) is 2.42. The minimum atomic E-state index is 0. The lowest BCUT2D eigenvalue weighted by Gasteiger charge is -2.16. The van der Waals surface area contributed by atoms with Gasteiger partial charge in [-0.25, -0.2) is 0 Å². The topological polar surface area (TPSA) is 68.0 Å². The van der Waals surface area contributed by atoms with E-state index in [4.69, 9.17) is 5.73 Å². The van der Waals surface area contributed by atoms with Crippen molar-refractivity contribution in [1.82, 2.24) is 10.3 Å². The molecule has 0 aliphatic rings. The summed E-state index contributed by atoms with van der Waals surface area (Å²) < 4.78 is 0. The van der Waals surface area contributed by atoms with Crippen LogP contribution in [0.15, 0.2) is 24.5 Å². The number of unbranched alkanes of at least 4 members (excludes halogenated alkanes) is 1. The van der Waals surface area contributed by atoms with E-state index < -0.39 is 0 Å². The first-order valence-electron chi connectivity index (χ1n) is 6.64. The van der Waals surface area contributed by atoms with Gasteiger partial charge < -0.3 is 11.1 Å². The summed E-state index contributed by atoms with van der Waals surface area (Å²) in [4.78, 5) is 15.7. The van der Waals surface area contributed by atoms with Crippen molar-refractivity contribution in [3.05, 3.63) is 30.1 Å². The minimum absolute atomic E-state index is 0. The van der Waals surface area contributed by atoms with E-state index in [1.165, 1.54) is 0 Å². The quantitative estimate of drug-likeness (QED) is 0.773. The summed E-state index contributed by atoms with van der Waals surface area (Å²) >= 11 is 0. The number of rotatable bonds is 8. The van der Waals surface area contributed by atoms with Gasteiger partial charge in [0.15, 0.2) is 0 Å². The largest absolute Gasteiger partial charge is 0.352 e. The standard InChI is InChI=1S/C14H23N3O.2ClH/c1-2-3-4-13(11-15)17-14(18)6-5-12-7-9-16-10-8-12;;/h7-10,13H,2-6,11,15H2,1H3,(H,17,18);2*1H. The number of amides is 1. The van der Waals surface area contributed by atoms with Crippen molar-refractivity contribution >= 4 is 30.7 Å². The number of halogens is 2. The van der Waals surface area contributed by atoms with Crippen molar-refractivity contribution < 1.29 is 4.79 Å². The summed E-state index contributed by atoms with van der Waals surface area (Å²) in [5.74, 6) is 0.0818. The molecular weight excluding hydrogens is 297 g/mol. The number of hydrogen-bond donors (Lipinski definition) is 2. The van der Waals surface area contributed by atoms with E-state index in [1.54, 1.807) is 12.4 Å². The molecule has 1 aromatic rings. The predicted octanol–water partition coefficient (Wildman–Crippen LogP) is 2.49. The van der Waals surface area contributed by atoms with Crippen LogP contribution in [0.2, 0.25) is 0 Å². The fourth-order valence-corrected chi connectivity index (χ4v) is 1.81. The summed E-state index contributed by atoms with van der Waals surface area (Å²) in [6.45, 7) is 2.65. The van der Waals surface area contributed by atoms with Crippen LogP contribution >= 0.6 is 24.8 Å². The number of hydrogen-bond acceptors (Lipinski definition) is 3. The van der Waals surface area contributed by atoms with Crippen molar-refractivity contribution in [2.24, 2.45) is 5.73 Å². The molecule has 6 heteroatoms. The zero-order chi connectivity index (χ0) is 13.2. The van der Waals surface area contributed by atoms with Crippen LogP contribution in [-0.2, 0) is 11.2 Å². The summed E-state index contributed by atoms with van der Waals surface area (Å²) in [5, 5.41) is 2.99. The smallest absolute Gasteiger partial charge is 0.220 e. The molecule has 0 aliphatic carbocycles. The van der Waals surface area contributed by atoms with Crippen LogP contribution in [-0.4, -0.2) is 23.5 Å². The molecule has 1 aromatic heterocycles. The Morgan fingerprint density at radius 3 is 2.55 bits per heavy atom. The summed E-state index contributed by atoms with van der Waals surface area (Å²) in [6.07, 6.45) is 7.95. The van der Waals surface area contributed by atoms with E-state index in [1.807, 2.05) is 12.1 Å². The molecule has 4 nitrogen and oxygen atoms in total. The molecule has 0 radical (unpaired) electrons. The maximum Gasteiger partial charge on any atom is 0.220 e. The highest BCUT2D eigenvalue weighted by atomic mass is 35.5. The maximum absolute atomic E-state index is 11.8. The molecule has 0 saturated heterocycles. The first-order valence-corrected chi connectivity index (χ1v) is 6.64. The van der Waals surface area contributed by atoms with Crippen molar-refractivity contribution in [3.8, 4) is 0 Å². The third kappa shape index (κ3) is 9.13. The van der Waals surface area contributed by atoms with Crippen LogP contribution in [0.3, 0.4) is 0 Å². The molecule has 1 heterocycles. The van der Waals surface area contributed by atoms with Crippen LogP contribution in [0.25, 0.3) is 0 Å². The van der Waals surface area contributed by atoms with Gasteiger partial charge in [-0.15, -0.1) is 24.8 Å². The van der Waals surface area contributed by atoms with E-state index in [0.717, 1.165) is 31.2 Å². The van der Waals surface area contributed by atoms with Gasteiger partial charge in [-0.1, -0.05) is 19.8 Å². The Labute approximate surface area is 133 Å². The van der Waals surface area contributed by atoms with Gasteiger partial charge >= 0.3 is 0 Å². The van der Waals surface area contributed by atoms with Gasteiger partial charge in [0.2, 0.25) is 5.91 Å². The molecule has 0 bridgehead atoms. The van der Waals surface area contributed by atoms with Crippen molar-refractivity contribution in [1.29, 1.82) is 0 Å². The average molecular weight is 322 g/mol. The molecule has 1 rings (SSSR count). The SMILES string of the molecule is CCCCC(CN)NC(=O)CCc1ccncc1.Cl.Cl. The highest BCUT2D eigenvalue weighted by Gasteiger charge is 2.09. The number of nitrogens with two attached hydrogens (primary N) is 1. The Bertz CT molecular complexity index is 350. The fourth-order valence-electron chi connectivity index (χ4n) is 1.81. The van der Waals surface area contributed by atoms with E-state index >= 15 is 0 Å². The van der Waals surface area contributed by atoms with Crippen molar-refractivity contribution in [2.45, 2.75) is 45.1 Å². The molecule has 1 atom stereocenters. The number of aryl methyl sites for hydroxylation is 1. The molecule has 0 aromatic carbocycles. The van der Waals surface area contributed by atoms with E-state index in [9.17, 15) is 4.79 Å². The highest BCUT2D eigenvalue weighted by Crippen LogP contribution is 2.03. The third-order valence-electron chi connectivity index (χ3n) is 2.95. The summed E-state index contributed by atoms with van der Waals surface area (Å²) in [5.41, 5.74) is 6.78. The van der Waals surface area contributed by atoms with Crippen LogP contribution in [0.5, 0.6) is 0 Å². The molecule has 1 unspecified atom stereocenters. The lowest BCUT2D eigenvalue weighted by atomic mass is 10.1. The van der Waals surface area contributed by atoms with Gasteiger partial charge in [-0.3, -0.25) is 9.78 Å². The van der Waals surface area contributed by atoms with Crippen LogP contribution in [0.1, 0.15) is 38.2 Å². The predicted molar refractivity (Wildman–Crippen MR) is 87.6 cm³/mol. The number of carbonyl (C=O) groups excluding carboxylic acids is 1. The van der Waals surface area contributed by atoms with Crippen molar-refractivity contribution in [2.75, 3.05) is 6.54 Å². The number of nitrogens with one attached hydrogen (secondary N) is 1. The molecular formula is C14H25Cl2N3O. The Morgan fingerprint density at radius 1 is 1.35 bits per heavy atom. The Morgan fingerprint density at radius 2 is 2.00 bits per heavy atom. The molecule has 3 N–H and O–H groups in total. The lowest BCUT2D eigenvalue weighted by Crippen LogP contribution is -2.40. The molecule has 20 heavy (non-hydrogen) atoms. The zero-order valence-electron chi connectivity index (χ0n) is 11.9. The van der Waals surface area contributed by atoms with Gasteiger partial charge in [0.05, 0.1) is 0 Å². The highest BCUT2D eigenvalue weighted by molar-refractivity contribution is 5.85. The number of nitrogens with zero attached hydrogens (tertiary/aromatic N) is 1. The summed E-state index contributed by atoms with van der Waals surface area (Å²) in [6, 6.07) is 3.99. The molecule has 0 aliphatic heterocycles. The molecule has 0 fully saturated rings. The van der Waals surface area contributed by atoms with E-state index in [2.05, 4.69) is 17.2 Å². The van der Waals surface area contributed by atoms with Crippen LogP contribution < -0.4 is 11.1 Å².